The molecule has 21 heavy (non-hydrogen) atoms. The van der Waals surface area contributed by atoms with Crippen LogP contribution in [0.5, 0.6) is 5.75 Å². The van der Waals surface area contributed by atoms with Gasteiger partial charge in [0.1, 0.15) is 11.5 Å². The van der Waals surface area contributed by atoms with Crippen molar-refractivity contribution in [1.82, 2.24) is 4.90 Å². The van der Waals surface area contributed by atoms with Crippen molar-refractivity contribution < 1.29 is 9.15 Å². The van der Waals surface area contributed by atoms with E-state index in [1.165, 1.54) is 5.56 Å². The molecule has 114 valence electrons. The fourth-order valence-electron chi connectivity index (χ4n) is 2.56. The molecule has 1 heterocycles. The van der Waals surface area contributed by atoms with Gasteiger partial charge in [-0.25, -0.2) is 0 Å². The number of benzene rings is 1. The van der Waals surface area contributed by atoms with E-state index in [4.69, 9.17) is 14.9 Å². The molecule has 0 aliphatic rings. The van der Waals surface area contributed by atoms with Gasteiger partial charge in [-0.1, -0.05) is 19.1 Å². The molecule has 2 N–H and O–H groups in total. The summed E-state index contributed by atoms with van der Waals surface area (Å²) < 4.78 is 10.8. The molecule has 0 bridgehead atoms. The third-order valence-corrected chi connectivity index (χ3v) is 3.78. The van der Waals surface area contributed by atoms with Crippen LogP contribution in [-0.4, -0.2) is 25.1 Å². The Morgan fingerprint density at radius 1 is 1.24 bits per heavy atom. The van der Waals surface area contributed by atoms with E-state index in [0.717, 1.165) is 24.5 Å². The largest absolute Gasteiger partial charge is 0.497 e. The van der Waals surface area contributed by atoms with Crippen LogP contribution < -0.4 is 10.5 Å². The van der Waals surface area contributed by atoms with Crippen molar-refractivity contribution in [2.75, 3.05) is 14.2 Å². The van der Waals surface area contributed by atoms with E-state index in [0.29, 0.717) is 0 Å². The van der Waals surface area contributed by atoms with Gasteiger partial charge in [0.05, 0.1) is 19.4 Å². The van der Waals surface area contributed by atoms with E-state index < -0.39 is 0 Å². The number of hydrogen-bond acceptors (Lipinski definition) is 4. The number of rotatable bonds is 7. The number of ether oxygens (including phenoxy) is 1. The Hall–Kier alpha value is -1.78. The fourth-order valence-corrected chi connectivity index (χ4v) is 2.56. The van der Waals surface area contributed by atoms with Crippen LogP contribution in [0.3, 0.4) is 0 Å². The molecule has 0 fully saturated rings. The number of hydrogen-bond donors (Lipinski definition) is 1. The summed E-state index contributed by atoms with van der Waals surface area (Å²) in [5.74, 6) is 1.79. The van der Waals surface area contributed by atoms with Crippen LogP contribution in [-0.2, 0) is 6.54 Å². The molecule has 2 atom stereocenters. The zero-order valence-electron chi connectivity index (χ0n) is 13.0. The van der Waals surface area contributed by atoms with Gasteiger partial charge in [-0.15, -0.1) is 0 Å². The van der Waals surface area contributed by atoms with Gasteiger partial charge in [0.2, 0.25) is 0 Å². The summed E-state index contributed by atoms with van der Waals surface area (Å²) in [5, 5.41) is 0. The molecule has 4 nitrogen and oxygen atoms in total. The highest BCUT2D eigenvalue weighted by Gasteiger charge is 2.25. The van der Waals surface area contributed by atoms with E-state index in [1.807, 2.05) is 24.3 Å². The number of nitrogens with zero attached hydrogens (tertiary/aromatic N) is 1. The van der Waals surface area contributed by atoms with Crippen molar-refractivity contribution in [3.05, 3.63) is 54.0 Å². The Morgan fingerprint density at radius 3 is 2.48 bits per heavy atom. The highest BCUT2D eigenvalue weighted by atomic mass is 16.5. The molecule has 0 aliphatic heterocycles. The molecule has 1 aromatic heterocycles. The van der Waals surface area contributed by atoms with Crippen LogP contribution in [0.1, 0.15) is 30.7 Å². The van der Waals surface area contributed by atoms with Gasteiger partial charge in [-0.2, -0.15) is 0 Å². The highest BCUT2D eigenvalue weighted by Crippen LogP contribution is 2.26. The van der Waals surface area contributed by atoms with Gasteiger partial charge < -0.3 is 14.9 Å². The number of furan rings is 1. The summed E-state index contributed by atoms with van der Waals surface area (Å²) in [5.41, 5.74) is 7.51. The minimum absolute atomic E-state index is 0.0411. The van der Waals surface area contributed by atoms with Gasteiger partial charge in [0.25, 0.3) is 0 Å². The van der Waals surface area contributed by atoms with E-state index >= 15 is 0 Å². The molecule has 0 saturated heterocycles. The van der Waals surface area contributed by atoms with Gasteiger partial charge in [-0.3, -0.25) is 4.90 Å². The van der Waals surface area contributed by atoms with E-state index in [9.17, 15) is 0 Å². The van der Waals surface area contributed by atoms with Crippen LogP contribution in [0.4, 0.5) is 0 Å². The Kier molecular flexibility index (Phi) is 5.42. The Morgan fingerprint density at radius 2 is 1.95 bits per heavy atom. The number of nitrogens with two attached hydrogens (primary N) is 1. The molecular weight excluding hydrogens is 264 g/mol. The zero-order valence-corrected chi connectivity index (χ0v) is 13.0. The molecule has 2 unspecified atom stereocenters. The van der Waals surface area contributed by atoms with Crippen molar-refractivity contribution in [2.45, 2.75) is 32.0 Å². The molecule has 0 saturated carbocycles. The van der Waals surface area contributed by atoms with Crippen LogP contribution in [0.15, 0.2) is 47.1 Å². The van der Waals surface area contributed by atoms with Crippen LogP contribution in [0.25, 0.3) is 0 Å². The third-order valence-electron chi connectivity index (χ3n) is 3.78. The first-order valence-electron chi connectivity index (χ1n) is 7.27. The molecule has 2 rings (SSSR count). The van der Waals surface area contributed by atoms with E-state index in [2.05, 4.69) is 31.0 Å². The second-order valence-electron chi connectivity index (χ2n) is 5.30. The van der Waals surface area contributed by atoms with E-state index in [1.54, 1.807) is 13.4 Å². The SMILES string of the molecule is CCC(N)C(c1ccco1)N(C)Cc1ccc(OC)cc1. The van der Waals surface area contributed by atoms with Gasteiger partial charge >= 0.3 is 0 Å². The summed E-state index contributed by atoms with van der Waals surface area (Å²) in [4.78, 5) is 2.23. The van der Waals surface area contributed by atoms with Crippen LogP contribution >= 0.6 is 0 Å². The molecule has 0 radical (unpaired) electrons. The fraction of sp³-hybridized carbons (Fsp3) is 0.412. The first kappa shape index (κ1) is 15.6. The zero-order chi connectivity index (χ0) is 15.2. The minimum atomic E-state index is 0.0411. The maximum Gasteiger partial charge on any atom is 0.122 e. The van der Waals surface area contributed by atoms with Crippen molar-refractivity contribution in [2.24, 2.45) is 5.73 Å². The first-order chi connectivity index (χ1) is 10.2. The normalized spacial score (nSPS) is 14.1. The predicted molar refractivity (Wildman–Crippen MR) is 84.2 cm³/mol. The van der Waals surface area contributed by atoms with Crippen molar-refractivity contribution >= 4 is 0 Å². The molecule has 4 heteroatoms. The van der Waals surface area contributed by atoms with Gasteiger partial charge in [0, 0.05) is 12.6 Å². The Balaban J connectivity index is 2.12. The summed E-state index contributed by atoms with van der Waals surface area (Å²) in [6, 6.07) is 12.1. The lowest BCUT2D eigenvalue weighted by molar-refractivity contribution is 0.175. The van der Waals surface area contributed by atoms with E-state index in [-0.39, 0.29) is 12.1 Å². The van der Waals surface area contributed by atoms with Crippen LogP contribution in [0, 0.1) is 0 Å². The smallest absolute Gasteiger partial charge is 0.122 e. The monoisotopic (exact) mass is 288 g/mol. The lowest BCUT2D eigenvalue weighted by atomic mass is 10.0. The highest BCUT2D eigenvalue weighted by molar-refractivity contribution is 5.27. The quantitative estimate of drug-likeness (QED) is 0.850. The Bertz CT molecular complexity index is 522. The van der Waals surface area contributed by atoms with Gasteiger partial charge in [0.15, 0.2) is 0 Å². The maximum absolute atomic E-state index is 6.29. The lowest BCUT2D eigenvalue weighted by Crippen LogP contribution is -2.38. The molecule has 0 aliphatic carbocycles. The molecule has 2 aromatic rings. The summed E-state index contributed by atoms with van der Waals surface area (Å²) >= 11 is 0. The van der Waals surface area contributed by atoms with Crippen molar-refractivity contribution in [1.29, 1.82) is 0 Å². The van der Waals surface area contributed by atoms with Crippen molar-refractivity contribution in [3.63, 3.8) is 0 Å². The first-order valence-corrected chi connectivity index (χ1v) is 7.27. The van der Waals surface area contributed by atoms with Gasteiger partial charge in [-0.05, 0) is 43.3 Å². The second-order valence-corrected chi connectivity index (χ2v) is 5.30. The summed E-state index contributed by atoms with van der Waals surface area (Å²) in [6.45, 7) is 2.91. The minimum Gasteiger partial charge on any atom is -0.497 e. The lowest BCUT2D eigenvalue weighted by Gasteiger charge is -2.30. The van der Waals surface area contributed by atoms with Crippen LogP contribution in [0.2, 0.25) is 0 Å². The summed E-state index contributed by atoms with van der Waals surface area (Å²) in [6.07, 6.45) is 2.60. The Labute approximate surface area is 126 Å². The molecular formula is C17H24N2O2. The number of likely N-dealkylation sites (N-methyl/N-ethyl adjacent to an activating group) is 1. The maximum atomic E-state index is 6.29. The standard InChI is InChI=1S/C17H24N2O2/c1-4-15(18)17(16-6-5-11-21-16)19(2)12-13-7-9-14(20-3)10-8-13/h5-11,15,17H,4,12,18H2,1-3H3. The third kappa shape index (κ3) is 3.86. The van der Waals surface area contributed by atoms with Crippen molar-refractivity contribution in [3.8, 4) is 5.75 Å². The topological polar surface area (TPSA) is 51.6 Å². The second kappa shape index (κ2) is 7.29. The number of methoxy groups -OCH3 is 1. The molecule has 0 amide bonds. The average Bonchev–Trinajstić information content (AvgIpc) is 3.02. The molecule has 1 aromatic carbocycles. The molecule has 0 spiro atoms. The summed E-state index contributed by atoms with van der Waals surface area (Å²) in [7, 11) is 3.75. The predicted octanol–water partition coefficient (Wildman–Crippen LogP) is 3.20. The average molecular weight is 288 g/mol.